The molecule has 0 aromatic rings. The van der Waals surface area contributed by atoms with Crippen LogP contribution in [-0.2, 0) is 9.59 Å². The minimum Gasteiger partial charge on any atom is -0.477 e. The molecule has 0 saturated carbocycles. The van der Waals surface area contributed by atoms with Crippen molar-refractivity contribution in [3.63, 3.8) is 0 Å². The maximum atomic E-state index is 10.9. The number of halogens is 1. The van der Waals surface area contributed by atoms with Gasteiger partial charge in [-0.25, -0.2) is 9.59 Å². The van der Waals surface area contributed by atoms with Gasteiger partial charge in [0.05, 0.1) is 0 Å². The molecule has 0 amide bonds. The Balaban J connectivity index is 2.98. The van der Waals surface area contributed by atoms with Crippen molar-refractivity contribution in [3.8, 4) is 0 Å². The summed E-state index contributed by atoms with van der Waals surface area (Å²) in [6.45, 7) is 5.70. The first-order valence-electron chi connectivity index (χ1n) is 6.53. The van der Waals surface area contributed by atoms with Gasteiger partial charge in [0, 0.05) is 5.03 Å². The standard InChI is InChI=1S/C16H19ClO4/c1-10(13(14(18)19)15(20)21)5-4-6-11-7-12(17)9-16(2,3)8-11/h4-7H,8-9H2,1-3H3,(H,18,19)(H,20,21)/b5-4+,11-6+. The first kappa shape index (κ1) is 17.2. The largest absolute Gasteiger partial charge is 0.477 e. The lowest BCUT2D eigenvalue weighted by Crippen LogP contribution is -2.15. The van der Waals surface area contributed by atoms with Crippen molar-refractivity contribution in [2.24, 2.45) is 5.41 Å². The fourth-order valence-corrected chi connectivity index (χ4v) is 2.81. The molecule has 114 valence electrons. The van der Waals surface area contributed by atoms with Crippen LogP contribution in [0.25, 0.3) is 0 Å². The second-order valence-corrected chi connectivity index (χ2v) is 6.36. The van der Waals surface area contributed by atoms with Crippen LogP contribution in [0.5, 0.6) is 0 Å². The zero-order valence-electron chi connectivity index (χ0n) is 12.3. The number of allylic oxidation sites excluding steroid dienone is 7. The Labute approximate surface area is 129 Å². The Morgan fingerprint density at radius 2 is 1.81 bits per heavy atom. The summed E-state index contributed by atoms with van der Waals surface area (Å²) in [4.78, 5) is 21.7. The highest BCUT2D eigenvalue weighted by Gasteiger charge is 2.24. The highest BCUT2D eigenvalue weighted by Crippen LogP contribution is 2.39. The molecule has 0 fully saturated rings. The van der Waals surface area contributed by atoms with Crippen molar-refractivity contribution < 1.29 is 19.8 Å². The molecule has 5 heteroatoms. The molecule has 2 N–H and O–H groups in total. The molecule has 21 heavy (non-hydrogen) atoms. The highest BCUT2D eigenvalue weighted by molar-refractivity contribution is 6.29. The molecule has 0 unspecified atom stereocenters. The van der Waals surface area contributed by atoms with Crippen LogP contribution in [0, 0.1) is 5.41 Å². The molecule has 0 heterocycles. The van der Waals surface area contributed by atoms with E-state index in [9.17, 15) is 9.59 Å². The van der Waals surface area contributed by atoms with Crippen molar-refractivity contribution in [2.75, 3.05) is 0 Å². The Morgan fingerprint density at radius 1 is 1.24 bits per heavy atom. The first-order chi connectivity index (χ1) is 9.62. The average molecular weight is 311 g/mol. The normalized spacial score (nSPS) is 19.4. The van der Waals surface area contributed by atoms with Crippen LogP contribution >= 0.6 is 11.6 Å². The molecule has 0 aliphatic heterocycles. The molecule has 1 rings (SSSR count). The Kier molecular flexibility index (Phi) is 5.55. The van der Waals surface area contributed by atoms with E-state index < -0.39 is 17.5 Å². The van der Waals surface area contributed by atoms with Crippen molar-refractivity contribution in [3.05, 3.63) is 46.1 Å². The number of carboxylic acids is 2. The summed E-state index contributed by atoms with van der Waals surface area (Å²) in [7, 11) is 0. The zero-order valence-corrected chi connectivity index (χ0v) is 13.1. The SMILES string of the molecule is CC(/C=C/C=C1\C=C(Cl)CC(C)(C)C1)=C(C(=O)O)C(=O)O. The van der Waals surface area contributed by atoms with E-state index in [2.05, 4.69) is 13.8 Å². The number of carboxylic acid groups (broad SMARTS) is 2. The lowest BCUT2D eigenvalue weighted by atomic mass is 9.78. The topological polar surface area (TPSA) is 74.6 Å². The van der Waals surface area contributed by atoms with Crippen molar-refractivity contribution in [1.82, 2.24) is 0 Å². The van der Waals surface area contributed by atoms with Crippen molar-refractivity contribution in [1.29, 1.82) is 0 Å². The summed E-state index contributed by atoms with van der Waals surface area (Å²) in [6.07, 6.45) is 8.55. The number of hydrogen-bond donors (Lipinski definition) is 2. The van der Waals surface area contributed by atoms with Gasteiger partial charge in [-0.05, 0) is 42.4 Å². The molecule has 0 bridgehead atoms. The number of carbonyl (C=O) groups is 2. The quantitative estimate of drug-likeness (QED) is 0.357. The van der Waals surface area contributed by atoms with Crippen LogP contribution in [0.3, 0.4) is 0 Å². The van der Waals surface area contributed by atoms with E-state index in [-0.39, 0.29) is 11.0 Å². The maximum Gasteiger partial charge on any atom is 0.343 e. The van der Waals surface area contributed by atoms with E-state index in [0.717, 1.165) is 23.4 Å². The molecule has 0 spiro atoms. The van der Waals surface area contributed by atoms with Crippen LogP contribution in [0.2, 0.25) is 0 Å². The third-order valence-electron chi connectivity index (χ3n) is 3.15. The molecular weight excluding hydrogens is 292 g/mol. The van der Waals surface area contributed by atoms with Crippen LogP contribution in [-0.4, -0.2) is 22.2 Å². The molecule has 0 radical (unpaired) electrons. The van der Waals surface area contributed by atoms with Gasteiger partial charge in [-0.2, -0.15) is 0 Å². The number of hydrogen-bond acceptors (Lipinski definition) is 2. The van der Waals surface area contributed by atoms with Gasteiger partial charge in [-0.3, -0.25) is 0 Å². The molecule has 4 nitrogen and oxygen atoms in total. The van der Waals surface area contributed by atoms with Gasteiger partial charge in [0.1, 0.15) is 5.57 Å². The molecule has 0 aromatic heterocycles. The Bertz CT molecular complexity index is 561. The molecular formula is C16H19ClO4. The smallest absolute Gasteiger partial charge is 0.343 e. The van der Waals surface area contributed by atoms with E-state index >= 15 is 0 Å². The Morgan fingerprint density at radius 3 is 2.29 bits per heavy atom. The van der Waals surface area contributed by atoms with Crippen molar-refractivity contribution >= 4 is 23.5 Å². The molecule has 0 aromatic carbocycles. The molecule has 1 aliphatic rings. The lowest BCUT2D eigenvalue weighted by molar-refractivity contribution is -0.140. The Hall–Kier alpha value is -1.81. The monoisotopic (exact) mass is 310 g/mol. The second kappa shape index (κ2) is 6.76. The molecule has 0 atom stereocenters. The molecule has 0 saturated heterocycles. The van der Waals surface area contributed by atoms with Gasteiger partial charge in [-0.1, -0.05) is 43.7 Å². The first-order valence-corrected chi connectivity index (χ1v) is 6.91. The van der Waals surface area contributed by atoms with E-state index in [4.69, 9.17) is 21.8 Å². The van der Waals surface area contributed by atoms with E-state index in [1.807, 2.05) is 12.2 Å². The van der Waals surface area contributed by atoms with Gasteiger partial charge in [0.2, 0.25) is 0 Å². The van der Waals surface area contributed by atoms with Gasteiger partial charge in [-0.15, -0.1) is 0 Å². The zero-order chi connectivity index (χ0) is 16.2. The van der Waals surface area contributed by atoms with Crippen LogP contribution in [0.1, 0.15) is 33.6 Å². The van der Waals surface area contributed by atoms with E-state index in [0.29, 0.717) is 0 Å². The minimum atomic E-state index is -1.45. The summed E-state index contributed by atoms with van der Waals surface area (Å²) in [5.74, 6) is -2.89. The van der Waals surface area contributed by atoms with Gasteiger partial charge in [0.25, 0.3) is 0 Å². The highest BCUT2D eigenvalue weighted by atomic mass is 35.5. The summed E-state index contributed by atoms with van der Waals surface area (Å²) in [5.41, 5.74) is 0.690. The summed E-state index contributed by atoms with van der Waals surface area (Å²) < 4.78 is 0. The predicted octanol–water partition coefficient (Wildman–Crippen LogP) is 3.90. The van der Waals surface area contributed by atoms with Crippen LogP contribution < -0.4 is 0 Å². The summed E-state index contributed by atoms with van der Waals surface area (Å²) in [5, 5.41) is 18.5. The van der Waals surface area contributed by atoms with Crippen LogP contribution in [0.4, 0.5) is 0 Å². The molecule has 1 aliphatic carbocycles. The average Bonchev–Trinajstić information content (AvgIpc) is 2.24. The van der Waals surface area contributed by atoms with Gasteiger partial charge in [0.15, 0.2) is 0 Å². The van der Waals surface area contributed by atoms with Gasteiger partial charge < -0.3 is 10.2 Å². The predicted molar refractivity (Wildman–Crippen MR) is 82.1 cm³/mol. The third-order valence-corrected chi connectivity index (χ3v) is 3.39. The van der Waals surface area contributed by atoms with Crippen LogP contribution in [0.15, 0.2) is 46.1 Å². The number of rotatable bonds is 4. The fourth-order valence-electron chi connectivity index (χ4n) is 2.31. The maximum absolute atomic E-state index is 10.9. The van der Waals surface area contributed by atoms with Gasteiger partial charge >= 0.3 is 11.9 Å². The third kappa shape index (κ3) is 5.23. The lowest BCUT2D eigenvalue weighted by Gasteiger charge is -2.29. The summed E-state index contributed by atoms with van der Waals surface area (Å²) in [6, 6.07) is 0. The summed E-state index contributed by atoms with van der Waals surface area (Å²) >= 11 is 6.10. The van der Waals surface area contributed by atoms with E-state index in [1.165, 1.54) is 13.0 Å². The van der Waals surface area contributed by atoms with E-state index in [1.54, 1.807) is 6.08 Å². The van der Waals surface area contributed by atoms with Crippen molar-refractivity contribution in [2.45, 2.75) is 33.6 Å². The fraction of sp³-hybridized carbons (Fsp3) is 0.375. The second-order valence-electron chi connectivity index (χ2n) is 5.88. The minimum absolute atomic E-state index is 0.0870. The number of aliphatic carboxylic acids is 2.